The Balaban J connectivity index is 2.78. The van der Waals surface area contributed by atoms with Crippen molar-refractivity contribution in [3.8, 4) is 5.75 Å². The molecular formula is C9H10F3NO3S. The van der Waals surface area contributed by atoms with E-state index < -0.39 is 39.9 Å². The Bertz CT molecular complexity index is 485. The van der Waals surface area contributed by atoms with Crippen molar-refractivity contribution >= 4 is 10.0 Å². The van der Waals surface area contributed by atoms with Crippen LogP contribution in [0.2, 0.25) is 0 Å². The van der Waals surface area contributed by atoms with E-state index in [2.05, 4.69) is 0 Å². The molecule has 8 heteroatoms. The molecule has 0 saturated heterocycles. The minimum Gasteiger partial charge on any atom is -0.492 e. The first-order valence-corrected chi connectivity index (χ1v) is 6.21. The number of hydrogen-bond donors (Lipinski definition) is 1. The Morgan fingerprint density at radius 1 is 1.24 bits per heavy atom. The fourth-order valence-electron chi connectivity index (χ4n) is 1.09. The van der Waals surface area contributed by atoms with Crippen LogP contribution in [0, 0.1) is 0 Å². The number of rotatable bonds is 4. The van der Waals surface area contributed by atoms with Crippen molar-refractivity contribution in [1.82, 2.24) is 0 Å². The second-order valence-corrected chi connectivity index (χ2v) is 4.94. The number of benzene rings is 1. The van der Waals surface area contributed by atoms with Gasteiger partial charge in [-0.25, -0.2) is 13.6 Å². The third-order valence-corrected chi connectivity index (χ3v) is 2.55. The summed E-state index contributed by atoms with van der Waals surface area (Å²) < 4.78 is 63.4. The molecule has 0 atom stereocenters. The average Bonchev–Trinajstić information content (AvgIpc) is 2.15. The van der Waals surface area contributed by atoms with E-state index in [0.717, 1.165) is 12.1 Å². The summed E-state index contributed by atoms with van der Waals surface area (Å²) in [4.78, 5) is 0. The highest BCUT2D eigenvalue weighted by atomic mass is 32.2. The Hall–Kier alpha value is -1.28. The van der Waals surface area contributed by atoms with Crippen LogP contribution in [-0.4, -0.2) is 20.8 Å². The summed E-state index contributed by atoms with van der Waals surface area (Å²) in [5.74, 6) is -0.956. The third-order valence-electron chi connectivity index (χ3n) is 1.82. The summed E-state index contributed by atoms with van der Waals surface area (Å²) in [6.07, 6.45) is -4.54. The lowest BCUT2D eigenvalue weighted by molar-refractivity contribution is -0.138. The van der Waals surface area contributed by atoms with Crippen molar-refractivity contribution in [1.29, 1.82) is 0 Å². The first-order valence-electron chi connectivity index (χ1n) is 4.49. The molecule has 1 aromatic carbocycles. The lowest BCUT2D eigenvalue weighted by Crippen LogP contribution is -2.22. The molecule has 0 unspecified atom stereocenters. The van der Waals surface area contributed by atoms with E-state index in [1.165, 1.54) is 12.1 Å². The maximum absolute atomic E-state index is 12.5. The molecule has 0 bridgehead atoms. The number of alkyl halides is 3. The fourth-order valence-corrected chi connectivity index (χ4v) is 1.41. The molecule has 0 amide bonds. The summed E-state index contributed by atoms with van der Waals surface area (Å²) in [6, 6.07) is 4.55. The number of ether oxygens (including phenoxy) is 1. The first-order chi connectivity index (χ1) is 7.70. The first kappa shape index (κ1) is 13.8. The zero-order valence-electron chi connectivity index (χ0n) is 8.57. The second kappa shape index (κ2) is 4.92. The number of hydrogen-bond acceptors (Lipinski definition) is 3. The predicted molar refractivity (Wildman–Crippen MR) is 54.9 cm³/mol. The molecule has 0 aliphatic heterocycles. The zero-order chi connectivity index (χ0) is 13.1. The highest BCUT2D eigenvalue weighted by molar-refractivity contribution is 7.89. The Labute approximate surface area is 96.2 Å². The quantitative estimate of drug-likeness (QED) is 0.897. The van der Waals surface area contributed by atoms with Gasteiger partial charge < -0.3 is 4.74 Å². The molecule has 4 nitrogen and oxygen atoms in total. The van der Waals surface area contributed by atoms with Crippen LogP contribution in [0.3, 0.4) is 0 Å². The highest BCUT2D eigenvalue weighted by Crippen LogP contribution is 2.35. The van der Waals surface area contributed by atoms with Crippen LogP contribution in [0.25, 0.3) is 0 Å². The molecule has 0 heterocycles. The molecule has 0 aliphatic rings. The number of halogens is 3. The average molecular weight is 269 g/mol. The van der Waals surface area contributed by atoms with Crippen LogP contribution >= 0.6 is 0 Å². The Morgan fingerprint density at radius 3 is 2.35 bits per heavy atom. The number of primary sulfonamides is 1. The molecule has 0 saturated carbocycles. The van der Waals surface area contributed by atoms with Gasteiger partial charge in [-0.15, -0.1) is 0 Å². The van der Waals surface area contributed by atoms with Gasteiger partial charge in [0.15, 0.2) is 0 Å². The van der Waals surface area contributed by atoms with Crippen LogP contribution in [-0.2, 0) is 16.2 Å². The molecule has 2 N–H and O–H groups in total. The van der Waals surface area contributed by atoms with Crippen molar-refractivity contribution in [2.45, 2.75) is 6.18 Å². The summed E-state index contributed by atoms with van der Waals surface area (Å²) >= 11 is 0. The predicted octanol–water partition coefficient (Wildman–Crippen LogP) is 1.37. The van der Waals surface area contributed by atoms with Gasteiger partial charge in [-0.1, -0.05) is 12.1 Å². The SMILES string of the molecule is NS(=O)(=O)CCOc1ccccc1C(F)(F)F. The maximum atomic E-state index is 12.5. The van der Waals surface area contributed by atoms with Gasteiger partial charge in [0.05, 0.1) is 11.3 Å². The normalized spacial score (nSPS) is 12.5. The van der Waals surface area contributed by atoms with Gasteiger partial charge >= 0.3 is 6.18 Å². The molecular weight excluding hydrogens is 259 g/mol. The number of nitrogens with two attached hydrogens (primary N) is 1. The second-order valence-electron chi connectivity index (χ2n) is 3.21. The van der Waals surface area contributed by atoms with Crippen LogP contribution in [0.1, 0.15) is 5.56 Å². The standard InChI is InChI=1S/C9H10F3NO3S/c10-9(11,12)7-3-1-2-4-8(7)16-5-6-17(13,14)15/h1-4H,5-6H2,(H2,13,14,15). The largest absolute Gasteiger partial charge is 0.492 e. The van der Waals surface area contributed by atoms with E-state index in [-0.39, 0.29) is 0 Å². The van der Waals surface area contributed by atoms with Crippen molar-refractivity contribution in [3.05, 3.63) is 29.8 Å². The summed E-state index contributed by atoms with van der Waals surface area (Å²) in [5, 5.41) is 4.69. The van der Waals surface area contributed by atoms with Crippen molar-refractivity contribution in [3.63, 3.8) is 0 Å². The van der Waals surface area contributed by atoms with E-state index in [0.29, 0.717) is 0 Å². The van der Waals surface area contributed by atoms with Crippen molar-refractivity contribution in [2.75, 3.05) is 12.4 Å². The zero-order valence-corrected chi connectivity index (χ0v) is 9.38. The van der Waals surface area contributed by atoms with E-state index in [4.69, 9.17) is 9.88 Å². The molecule has 17 heavy (non-hydrogen) atoms. The van der Waals surface area contributed by atoms with E-state index >= 15 is 0 Å². The topological polar surface area (TPSA) is 69.4 Å². The number of para-hydroxylation sites is 1. The lowest BCUT2D eigenvalue weighted by Gasteiger charge is -2.13. The molecule has 0 aliphatic carbocycles. The van der Waals surface area contributed by atoms with Gasteiger partial charge in [-0.3, -0.25) is 0 Å². The summed E-state index contributed by atoms with van der Waals surface area (Å²) in [7, 11) is -3.75. The van der Waals surface area contributed by atoms with E-state index in [1.807, 2.05) is 0 Å². The van der Waals surface area contributed by atoms with Crippen LogP contribution in [0.15, 0.2) is 24.3 Å². The van der Waals surface area contributed by atoms with Gasteiger partial charge in [0.1, 0.15) is 12.4 Å². The Morgan fingerprint density at radius 2 is 1.82 bits per heavy atom. The van der Waals surface area contributed by atoms with E-state index in [9.17, 15) is 21.6 Å². The molecule has 0 fully saturated rings. The Kier molecular flexibility index (Phi) is 3.99. The summed E-state index contributed by atoms with van der Waals surface area (Å²) in [5.41, 5.74) is -0.950. The van der Waals surface area contributed by atoms with Crippen molar-refractivity contribution < 1.29 is 26.3 Å². The minimum absolute atomic E-state index is 0.413. The maximum Gasteiger partial charge on any atom is 0.419 e. The molecule has 0 aromatic heterocycles. The lowest BCUT2D eigenvalue weighted by atomic mass is 10.2. The van der Waals surface area contributed by atoms with E-state index in [1.54, 1.807) is 0 Å². The molecule has 96 valence electrons. The number of sulfonamides is 1. The van der Waals surface area contributed by atoms with Gasteiger partial charge in [0.2, 0.25) is 10.0 Å². The molecule has 0 radical (unpaired) electrons. The van der Waals surface area contributed by atoms with Gasteiger partial charge in [-0.05, 0) is 12.1 Å². The monoisotopic (exact) mass is 269 g/mol. The summed E-state index contributed by atoms with van der Waals surface area (Å²) in [6.45, 7) is -0.425. The fraction of sp³-hybridized carbons (Fsp3) is 0.333. The molecule has 1 aromatic rings. The molecule has 1 rings (SSSR count). The van der Waals surface area contributed by atoms with Crippen molar-refractivity contribution in [2.24, 2.45) is 5.14 Å². The van der Waals surface area contributed by atoms with Crippen LogP contribution < -0.4 is 9.88 Å². The minimum atomic E-state index is -4.54. The van der Waals surface area contributed by atoms with Gasteiger partial charge in [0, 0.05) is 0 Å². The molecule has 0 spiro atoms. The van der Waals surface area contributed by atoms with Gasteiger partial charge in [-0.2, -0.15) is 13.2 Å². The highest BCUT2D eigenvalue weighted by Gasteiger charge is 2.33. The van der Waals surface area contributed by atoms with Crippen LogP contribution in [0.4, 0.5) is 13.2 Å². The smallest absolute Gasteiger partial charge is 0.419 e. The van der Waals surface area contributed by atoms with Crippen LogP contribution in [0.5, 0.6) is 5.75 Å². The third kappa shape index (κ3) is 4.61. The van der Waals surface area contributed by atoms with Gasteiger partial charge in [0.25, 0.3) is 0 Å².